The molecule has 0 aromatic carbocycles. The Kier molecular flexibility index (Phi) is 5.12. The Morgan fingerprint density at radius 2 is 2.24 bits per heavy atom. The largest absolute Gasteiger partial charge is 0.481 e. The minimum atomic E-state index is -0.718. The Morgan fingerprint density at radius 1 is 1.48 bits per heavy atom. The molecule has 21 heavy (non-hydrogen) atoms. The van der Waals surface area contributed by atoms with Crippen LogP contribution < -0.4 is 4.90 Å². The second-order valence-corrected chi connectivity index (χ2v) is 5.67. The molecule has 1 aromatic heterocycles. The number of aryl methyl sites for hydroxylation is 1. The van der Waals surface area contributed by atoms with Crippen LogP contribution in [-0.2, 0) is 9.53 Å². The van der Waals surface area contributed by atoms with Gasteiger partial charge in [0, 0.05) is 39.2 Å². The third-order valence-corrected chi connectivity index (χ3v) is 4.19. The van der Waals surface area contributed by atoms with Crippen molar-refractivity contribution in [2.45, 2.75) is 32.6 Å². The van der Waals surface area contributed by atoms with Crippen molar-refractivity contribution in [2.24, 2.45) is 5.41 Å². The third-order valence-electron chi connectivity index (χ3n) is 4.19. The summed E-state index contributed by atoms with van der Waals surface area (Å²) in [6, 6.07) is 0. The van der Waals surface area contributed by atoms with Gasteiger partial charge in [-0.25, -0.2) is 4.98 Å². The van der Waals surface area contributed by atoms with Crippen molar-refractivity contribution in [3.63, 3.8) is 0 Å². The monoisotopic (exact) mass is 293 g/mol. The lowest BCUT2D eigenvalue weighted by molar-refractivity contribution is -0.150. The topological polar surface area (TPSA) is 75.6 Å². The fraction of sp³-hybridized carbons (Fsp3) is 0.667. The van der Waals surface area contributed by atoms with Crippen LogP contribution in [0.5, 0.6) is 0 Å². The molecule has 1 fully saturated rings. The molecule has 6 nitrogen and oxygen atoms in total. The van der Waals surface area contributed by atoms with Crippen LogP contribution in [-0.4, -0.2) is 47.8 Å². The minimum Gasteiger partial charge on any atom is -0.481 e. The lowest BCUT2D eigenvalue weighted by Gasteiger charge is -2.40. The van der Waals surface area contributed by atoms with E-state index >= 15 is 0 Å². The highest BCUT2D eigenvalue weighted by atomic mass is 16.5. The van der Waals surface area contributed by atoms with Crippen LogP contribution in [0.1, 0.15) is 31.4 Å². The summed E-state index contributed by atoms with van der Waals surface area (Å²) in [7, 11) is 1.64. The van der Waals surface area contributed by atoms with Crippen LogP contribution in [0.15, 0.2) is 12.4 Å². The van der Waals surface area contributed by atoms with E-state index in [1.807, 2.05) is 6.92 Å². The third kappa shape index (κ3) is 3.50. The van der Waals surface area contributed by atoms with Crippen molar-refractivity contribution >= 4 is 11.8 Å². The van der Waals surface area contributed by atoms with E-state index in [0.29, 0.717) is 26.0 Å². The van der Waals surface area contributed by atoms with Crippen LogP contribution in [0.2, 0.25) is 0 Å². The Labute approximate surface area is 125 Å². The highest BCUT2D eigenvalue weighted by molar-refractivity contribution is 5.76. The molecule has 1 aliphatic heterocycles. The zero-order valence-electron chi connectivity index (χ0n) is 12.7. The van der Waals surface area contributed by atoms with Crippen molar-refractivity contribution in [3.8, 4) is 0 Å². The summed E-state index contributed by atoms with van der Waals surface area (Å²) >= 11 is 0. The van der Waals surface area contributed by atoms with Gasteiger partial charge in [-0.1, -0.05) is 0 Å². The average Bonchev–Trinajstić information content (AvgIpc) is 2.48. The number of nitrogens with zero attached hydrogens (tertiary/aromatic N) is 3. The molecule has 0 spiro atoms. The average molecular weight is 293 g/mol. The normalized spacial score (nSPS) is 22.3. The van der Waals surface area contributed by atoms with Crippen molar-refractivity contribution < 1.29 is 14.6 Å². The summed E-state index contributed by atoms with van der Waals surface area (Å²) in [5, 5.41) is 9.72. The lowest BCUT2D eigenvalue weighted by atomic mass is 9.76. The molecular formula is C15H23N3O3. The van der Waals surface area contributed by atoms with Crippen LogP contribution in [0.25, 0.3) is 0 Å². The number of aliphatic carboxylic acids is 1. The first-order valence-corrected chi connectivity index (χ1v) is 7.34. The minimum absolute atomic E-state index is 0.492. The molecule has 0 amide bonds. The number of methoxy groups -OCH3 is 1. The summed E-state index contributed by atoms with van der Waals surface area (Å²) in [6.07, 6.45) is 6.27. The fourth-order valence-electron chi connectivity index (χ4n) is 3.06. The number of anilines is 1. The van der Waals surface area contributed by atoms with Gasteiger partial charge in [0.2, 0.25) is 0 Å². The zero-order chi connectivity index (χ0) is 15.3. The second kappa shape index (κ2) is 6.85. The van der Waals surface area contributed by atoms with Gasteiger partial charge in [-0.2, -0.15) is 0 Å². The molecule has 0 bridgehead atoms. The number of ether oxygens (including phenoxy) is 1. The zero-order valence-corrected chi connectivity index (χ0v) is 12.7. The predicted molar refractivity (Wildman–Crippen MR) is 79.4 cm³/mol. The second-order valence-electron chi connectivity index (χ2n) is 5.67. The van der Waals surface area contributed by atoms with Crippen molar-refractivity contribution in [1.82, 2.24) is 9.97 Å². The molecule has 0 radical (unpaired) electrons. The van der Waals surface area contributed by atoms with Crippen molar-refractivity contribution in [3.05, 3.63) is 18.1 Å². The molecule has 1 unspecified atom stereocenters. The van der Waals surface area contributed by atoms with Gasteiger partial charge >= 0.3 is 5.97 Å². The smallest absolute Gasteiger partial charge is 0.311 e. The number of rotatable bonds is 6. The van der Waals surface area contributed by atoms with E-state index in [1.165, 1.54) is 0 Å². The van der Waals surface area contributed by atoms with E-state index in [4.69, 9.17) is 4.74 Å². The molecule has 0 saturated carbocycles. The standard InChI is InChI=1S/C15H23N3O3/c1-12-13(17-8-7-16-12)18-9-3-5-15(11-18,14(19)20)6-4-10-21-2/h7-8H,3-6,9-11H2,1-2H3,(H,19,20). The first-order chi connectivity index (χ1) is 10.1. The van der Waals surface area contributed by atoms with Gasteiger partial charge in [0.15, 0.2) is 0 Å². The number of carboxylic acids is 1. The molecule has 1 aromatic rings. The molecular weight excluding hydrogens is 270 g/mol. The maximum absolute atomic E-state index is 11.8. The van der Waals surface area contributed by atoms with E-state index in [-0.39, 0.29) is 0 Å². The Morgan fingerprint density at radius 3 is 2.90 bits per heavy atom. The maximum atomic E-state index is 11.8. The highest BCUT2D eigenvalue weighted by Crippen LogP contribution is 2.36. The molecule has 0 aliphatic carbocycles. The van der Waals surface area contributed by atoms with Gasteiger partial charge in [0.1, 0.15) is 5.82 Å². The summed E-state index contributed by atoms with van der Waals surface area (Å²) in [4.78, 5) is 22.5. The van der Waals surface area contributed by atoms with Gasteiger partial charge in [-0.3, -0.25) is 9.78 Å². The summed E-state index contributed by atoms with van der Waals surface area (Å²) in [6.45, 7) is 3.83. The molecule has 1 atom stereocenters. The van der Waals surface area contributed by atoms with Gasteiger partial charge in [-0.15, -0.1) is 0 Å². The predicted octanol–water partition coefficient (Wildman–Crippen LogP) is 1.88. The highest BCUT2D eigenvalue weighted by Gasteiger charge is 2.42. The molecule has 1 N–H and O–H groups in total. The molecule has 6 heteroatoms. The first-order valence-electron chi connectivity index (χ1n) is 7.34. The number of piperidine rings is 1. The molecule has 2 rings (SSSR count). The quantitative estimate of drug-likeness (QED) is 0.807. The van der Waals surface area contributed by atoms with E-state index in [0.717, 1.165) is 30.9 Å². The molecule has 116 valence electrons. The van der Waals surface area contributed by atoms with Crippen LogP contribution in [0.4, 0.5) is 5.82 Å². The van der Waals surface area contributed by atoms with Crippen LogP contribution in [0, 0.1) is 12.3 Å². The van der Waals surface area contributed by atoms with Crippen molar-refractivity contribution in [1.29, 1.82) is 0 Å². The number of aromatic nitrogens is 2. The van der Waals surface area contributed by atoms with Gasteiger partial charge in [0.25, 0.3) is 0 Å². The van der Waals surface area contributed by atoms with Gasteiger partial charge < -0.3 is 14.7 Å². The summed E-state index contributed by atoms with van der Waals surface area (Å²) in [5.41, 5.74) is 0.136. The van der Waals surface area contributed by atoms with Crippen LogP contribution >= 0.6 is 0 Å². The number of hydrogen-bond acceptors (Lipinski definition) is 5. The van der Waals surface area contributed by atoms with Gasteiger partial charge in [-0.05, 0) is 32.6 Å². The molecule has 1 saturated heterocycles. The van der Waals surface area contributed by atoms with E-state index in [1.54, 1.807) is 19.5 Å². The van der Waals surface area contributed by atoms with E-state index in [2.05, 4.69) is 14.9 Å². The Hall–Kier alpha value is -1.69. The maximum Gasteiger partial charge on any atom is 0.311 e. The van der Waals surface area contributed by atoms with E-state index in [9.17, 15) is 9.90 Å². The molecule has 2 heterocycles. The SMILES string of the molecule is COCCCC1(C(=O)O)CCCN(c2nccnc2C)C1. The summed E-state index contributed by atoms with van der Waals surface area (Å²) in [5.74, 6) is 0.0828. The van der Waals surface area contributed by atoms with Crippen LogP contribution in [0.3, 0.4) is 0 Å². The summed E-state index contributed by atoms with van der Waals surface area (Å²) < 4.78 is 5.06. The first kappa shape index (κ1) is 15.7. The number of carbonyl (C=O) groups is 1. The van der Waals surface area contributed by atoms with Gasteiger partial charge in [0.05, 0.1) is 11.1 Å². The Balaban J connectivity index is 2.16. The lowest BCUT2D eigenvalue weighted by Crippen LogP contribution is -2.48. The number of carboxylic acid groups (broad SMARTS) is 1. The van der Waals surface area contributed by atoms with E-state index < -0.39 is 11.4 Å². The molecule has 1 aliphatic rings. The Bertz CT molecular complexity index is 495. The fourth-order valence-corrected chi connectivity index (χ4v) is 3.06. The van der Waals surface area contributed by atoms with Crippen molar-refractivity contribution in [2.75, 3.05) is 31.7 Å². The number of hydrogen-bond donors (Lipinski definition) is 1.